The zero-order valence-corrected chi connectivity index (χ0v) is 24.2. The number of phenols is 1. The van der Waals surface area contributed by atoms with E-state index in [9.17, 15) is 9.90 Å². The number of ether oxygens (including phenoxy) is 6. The third kappa shape index (κ3) is 8.63. The Morgan fingerprint density at radius 2 is 1.31 bits per heavy atom. The highest BCUT2D eigenvalue weighted by Crippen LogP contribution is 2.32. The van der Waals surface area contributed by atoms with Crippen LogP contribution in [0.25, 0.3) is 0 Å². The van der Waals surface area contributed by atoms with Crippen LogP contribution in [0.15, 0.2) is 57.5 Å². The number of halogens is 2. The molecule has 0 radical (unpaired) electrons. The zero-order chi connectivity index (χ0) is 27.2. The number of carbonyl (C=O) groups excluding carboxylic acids is 1. The van der Waals surface area contributed by atoms with Crippen LogP contribution in [0.2, 0.25) is 0 Å². The molecule has 0 saturated carbocycles. The predicted molar refractivity (Wildman–Crippen MR) is 151 cm³/mol. The Morgan fingerprint density at radius 3 is 1.92 bits per heavy atom. The van der Waals surface area contributed by atoms with Gasteiger partial charge in [-0.3, -0.25) is 4.79 Å². The van der Waals surface area contributed by atoms with Crippen molar-refractivity contribution in [2.24, 2.45) is 5.92 Å². The van der Waals surface area contributed by atoms with Crippen molar-refractivity contribution in [3.05, 3.63) is 57.5 Å². The first-order valence-corrected chi connectivity index (χ1v) is 14.0. The summed E-state index contributed by atoms with van der Waals surface area (Å²) in [7, 11) is 0. The number of aromatic hydroxyl groups is 1. The van der Waals surface area contributed by atoms with Crippen LogP contribution in [0.1, 0.15) is 21.3 Å². The first-order valence-electron chi connectivity index (χ1n) is 12.4. The van der Waals surface area contributed by atoms with Crippen molar-refractivity contribution in [1.29, 1.82) is 0 Å². The molecule has 39 heavy (non-hydrogen) atoms. The molecule has 4 aliphatic heterocycles. The lowest BCUT2D eigenvalue weighted by molar-refractivity contribution is -0.150. The van der Waals surface area contributed by atoms with Crippen LogP contribution in [0.5, 0.6) is 11.5 Å². The molecule has 2 N–H and O–H groups in total. The number of hydrogen-bond acceptors (Lipinski definition) is 9. The van der Waals surface area contributed by atoms with Crippen LogP contribution in [-0.2, 0) is 28.5 Å². The normalized spacial score (nSPS) is 31.9. The molecule has 9 nitrogen and oxygen atoms in total. The largest absolute Gasteiger partial charge is 0.508 e. The second-order valence-corrected chi connectivity index (χ2v) is 11.3. The zero-order valence-electron chi connectivity index (χ0n) is 21.1. The second-order valence-electron chi connectivity index (χ2n) is 9.47. The molecule has 216 valence electrons. The molecule has 2 aromatic rings. The third-order valence-electron chi connectivity index (χ3n) is 6.48. The molecule has 0 bridgehead atoms. The van der Waals surface area contributed by atoms with Gasteiger partial charge in [-0.15, -0.1) is 0 Å². The smallest absolute Gasteiger partial charge is 0.303 e. The van der Waals surface area contributed by atoms with E-state index in [-0.39, 0.29) is 50.0 Å². The minimum Gasteiger partial charge on any atom is -0.508 e. The fourth-order valence-corrected chi connectivity index (χ4v) is 5.17. The van der Waals surface area contributed by atoms with Crippen LogP contribution in [0, 0.1) is 5.92 Å². The molecule has 11 heteroatoms. The summed E-state index contributed by atoms with van der Waals surface area (Å²) >= 11 is 6.61. The maximum Gasteiger partial charge on any atom is 0.303 e. The lowest BCUT2D eigenvalue weighted by Gasteiger charge is -2.17. The Kier molecular flexibility index (Phi) is 12.0. The lowest BCUT2D eigenvalue weighted by atomic mass is 10.0. The first-order chi connectivity index (χ1) is 18.2. The van der Waals surface area contributed by atoms with Gasteiger partial charge in [-0.2, -0.15) is 0 Å². The second kappa shape index (κ2) is 14.8. The molecule has 0 spiro atoms. The first kappa shape index (κ1) is 31.8. The van der Waals surface area contributed by atoms with Gasteiger partial charge in [-0.25, -0.2) is 0 Å². The summed E-state index contributed by atoms with van der Waals surface area (Å²) in [5.74, 6) is 1.23. The highest BCUT2D eigenvalue weighted by molar-refractivity contribution is 9.10. The summed E-state index contributed by atoms with van der Waals surface area (Å²) in [5, 5.41) is 18.3. The van der Waals surface area contributed by atoms with Gasteiger partial charge in [0, 0.05) is 21.8 Å². The maximum atomic E-state index is 10.7. The number of benzene rings is 2. The van der Waals surface area contributed by atoms with E-state index in [4.69, 9.17) is 33.5 Å². The molecule has 0 aromatic heterocycles. The highest BCUT2D eigenvalue weighted by atomic mass is 79.9. The van der Waals surface area contributed by atoms with E-state index in [2.05, 4.69) is 38.8 Å². The Balaban J connectivity index is 0.000000170. The number of aliphatic hydroxyl groups excluding tert-OH is 1. The Labute approximate surface area is 245 Å². The molecular formula is C28H36Br2O9. The van der Waals surface area contributed by atoms with E-state index in [0.717, 1.165) is 14.7 Å². The fourth-order valence-electron chi connectivity index (χ4n) is 4.64. The lowest BCUT2D eigenvalue weighted by Crippen LogP contribution is -2.34. The van der Waals surface area contributed by atoms with Gasteiger partial charge in [0.05, 0.1) is 32.5 Å². The van der Waals surface area contributed by atoms with Crippen molar-refractivity contribution in [3.63, 3.8) is 0 Å². The summed E-state index contributed by atoms with van der Waals surface area (Å²) in [6, 6.07) is 14.5. The van der Waals surface area contributed by atoms with Gasteiger partial charge >= 0.3 is 5.97 Å². The summed E-state index contributed by atoms with van der Waals surface area (Å²) < 4.78 is 34.9. The summed E-state index contributed by atoms with van der Waals surface area (Å²) in [5.41, 5.74) is 0. The molecule has 2 aromatic carbocycles. The number of hydrogen-bond donors (Lipinski definition) is 2. The summed E-state index contributed by atoms with van der Waals surface area (Å²) in [6.45, 7) is 5.46. The summed E-state index contributed by atoms with van der Waals surface area (Å²) in [4.78, 5) is 10.7. The Morgan fingerprint density at radius 1 is 0.795 bits per heavy atom. The van der Waals surface area contributed by atoms with Crippen molar-refractivity contribution < 1.29 is 43.4 Å². The van der Waals surface area contributed by atoms with E-state index in [0.29, 0.717) is 38.1 Å². The van der Waals surface area contributed by atoms with Crippen LogP contribution in [0.4, 0.5) is 0 Å². The Bertz CT molecular complexity index is 1020. The van der Waals surface area contributed by atoms with E-state index in [1.54, 1.807) is 24.3 Å². The minimum absolute atomic E-state index is 0. The van der Waals surface area contributed by atoms with E-state index in [1.807, 2.05) is 24.3 Å². The van der Waals surface area contributed by atoms with Crippen molar-refractivity contribution in [3.8, 4) is 11.5 Å². The predicted octanol–water partition coefficient (Wildman–Crippen LogP) is 4.50. The average molecular weight is 676 g/mol. The van der Waals surface area contributed by atoms with Crippen LogP contribution in [-0.4, -0.2) is 85.3 Å². The molecule has 0 amide bonds. The minimum atomic E-state index is -0.529. The van der Waals surface area contributed by atoms with Crippen molar-refractivity contribution >= 4 is 37.8 Å². The number of aliphatic hydroxyl groups is 1. The average Bonchev–Trinajstić information content (AvgIpc) is 3.65. The summed E-state index contributed by atoms with van der Waals surface area (Å²) in [6.07, 6.45) is -1.20. The number of fused-ring (bicyclic) bond motifs is 2. The fraction of sp³-hybridized carbons (Fsp3) is 0.536. The van der Waals surface area contributed by atoms with E-state index in [1.165, 1.54) is 6.92 Å². The van der Waals surface area contributed by atoms with Gasteiger partial charge < -0.3 is 38.6 Å². The standard InChI is InChI=1S/C12H13BrO4.C9H14O4.C6H5BrO.CH4/c13-7-1-3-8(4-2-7)17-10-6-16-11-9(14)5-15-12(10)11;1-5-3-11-9-7(13-6(2)10)4-12-8(5)9;7-5-1-3-6(8)4-2-5;/h1-4,9-12,14H,5-6H2;5,7-9H,3-4H2,1-2H3;1-4,8H;1H4/t9-,10-,11+,12+;5-,7+,8-,9-;;/m10../s1. The molecule has 4 heterocycles. The quantitative estimate of drug-likeness (QED) is 0.454. The molecule has 6 rings (SSSR count). The Hall–Kier alpha value is -1.73. The molecule has 4 aliphatic rings. The molecule has 8 atom stereocenters. The van der Waals surface area contributed by atoms with Crippen molar-refractivity contribution in [2.45, 2.75) is 64.0 Å². The van der Waals surface area contributed by atoms with Gasteiger partial charge in [0.1, 0.15) is 35.9 Å². The highest BCUT2D eigenvalue weighted by Gasteiger charge is 2.49. The monoisotopic (exact) mass is 674 g/mol. The van der Waals surface area contributed by atoms with Crippen LogP contribution < -0.4 is 4.74 Å². The van der Waals surface area contributed by atoms with Crippen LogP contribution in [0.3, 0.4) is 0 Å². The van der Waals surface area contributed by atoms with E-state index < -0.39 is 6.10 Å². The molecule has 0 aliphatic carbocycles. The van der Waals surface area contributed by atoms with Gasteiger partial charge in [-0.1, -0.05) is 46.2 Å². The molecule has 4 fully saturated rings. The van der Waals surface area contributed by atoms with Gasteiger partial charge in [0.15, 0.2) is 12.2 Å². The molecule has 4 saturated heterocycles. The van der Waals surface area contributed by atoms with Gasteiger partial charge in [0.25, 0.3) is 0 Å². The number of rotatable bonds is 3. The number of esters is 1. The third-order valence-corrected chi connectivity index (χ3v) is 7.54. The van der Waals surface area contributed by atoms with E-state index >= 15 is 0 Å². The molecule has 0 unspecified atom stereocenters. The SMILES string of the molecule is C.CC(=O)O[C@@H]1CO[C@@H]2[C@H]1OC[C@@H]2C.O[C@@H]1CO[C@@H]2[C@H]1OC[C@H]2Oc1ccc(Br)cc1.Oc1ccc(Br)cc1. The van der Waals surface area contributed by atoms with Crippen molar-refractivity contribution in [1.82, 2.24) is 0 Å². The number of carbonyl (C=O) groups is 1. The van der Waals surface area contributed by atoms with Crippen molar-refractivity contribution in [2.75, 3.05) is 26.4 Å². The number of phenolic OH excluding ortho intramolecular Hbond substituents is 1. The topological polar surface area (TPSA) is 113 Å². The maximum absolute atomic E-state index is 10.7. The van der Waals surface area contributed by atoms with Gasteiger partial charge in [0.2, 0.25) is 0 Å². The van der Waals surface area contributed by atoms with Crippen LogP contribution >= 0.6 is 31.9 Å². The van der Waals surface area contributed by atoms with Gasteiger partial charge in [-0.05, 0) is 48.5 Å². The molecular weight excluding hydrogens is 640 g/mol.